The summed E-state index contributed by atoms with van der Waals surface area (Å²) in [5, 5.41) is 0. The van der Waals surface area contributed by atoms with Crippen LogP contribution < -0.4 is 4.57 Å². The fourth-order valence-corrected chi connectivity index (χ4v) is 2.81. The molecule has 0 aliphatic carbocycles. The van der Waals surface area contributed by atoms with Crippen molar-refractivity contribution in [1.29, 1.82) is 0 Å². The Morgan fingerprint density at radius 3 is 2.69 bits per heavy atom. The second kappa shape index (κ2) is 3.91. The Morgan fingerprint density at radius 2 is 2.31 bits per heavy atom. The van der Waals surface area contributed by atoms with Crippen LogP contribution >= 0.6 is 0 Å². The monoisotopic (exact) mass is 202 g/mol. The van der Waals surface area contributed by atoms with E-state index in [0.717, 1.165) is 6.42 Å². The molecule has 0 saturated heterocycles. The molecule has 0 radical (unpaired) electrons. The molecule has 0 aromatic carbocycles. The van der Waals surface area contributed by atoms with Crippen molar-refractivity contribution in [1.82, 2.24) is 3.97 Å². The van der Waals surface area contributed by atoms with E-state index < -0.39 is 9.92 Å². The summed E-state index contributed by atoms with van der Waals surface area (Å²) in [6, 6.07) is 0. The van der Waals surface area contributed by atoms with Gasteiger partial charge in [0.15, 0.2) is 0 Å². The highest BCUT2D eigenvalue weighted by Crippen LogP contribution is 2.01. The van der Waals surface area contributed by atoms with Crippen LogP contribution in [-0.4, -0.2) is 21.0 Å². The molecule has 1 unspecified atom stereocenters. The van der Waals surface area contributed by atoms with Gasteiger partial charge in [-0.1, -0.05) is 6.92 Å². The molecular weight excluding hydrogens is 186 g/mol. The van der Waals surface area contributed by atoms with Gasteiger partial charge in [-0.2, -0.15) is 0 Å². The van der Waals surface area contributed by atoms with Gasteiger partial charge in [-0.3, -0.25) is 0 Å². The third-order valence-corrected chi connectivity index (χ3v) is 4.21. The van der Waals surface area contributed by atoms with Crippen molar-refractivity contribution < 1.29 is 8.78 Å². The van der Waals surface area contributed by atoms with Crippen LogP contribution in [0.3, 0.4) is 0 Å². The summed E-state index contributed by atoms with van der Waals surface area (Å²) in [4.78, 5) is 0. The number of aryl methyl sites for hydroxylation is 1. The number of aromatic nitrogens is 2. The van der Waals surface area contributed by atoms with Crippen molar-refractivity contribution >= 4 is 9.92 Å². The molecule has 0 bridgehead atoms. The van der Waals surface area contributed by atoms with Crippen LogP contribution in [0.4, 0.5) is 0 Å². The number of rotatable bonds is 3. The Balaban J connectivity index is 3.12. The second-order valence-corrected chi connectivity index (χ2v) is 5.34. The fraction of sp³-hybridized carbons (Fsp3) is 0.625. The van der Waals surface area contributed by atoms with Crippen molar-refractivity contribution in [2.45, 2.75) is 13.3 Å². The summed E-state index contributed by atoms with van der Waals surface area (Å²) in [7, 11) is 1.30. The van der Waals surface area contributed by atoms with E-state index in [9.17, 15) is 4.21 Å². The predicted octanol–water partition coefficient (Wildman–Crippen LogP) is 0.583. The SMILES string of the molecule is CCCS(=O)(=NC)n1cc[n+](C)c1. The molecule has 74 valence electrons. The zero-order valence-electron chi connectivity index (χ0n) is 8.30. The summed E-state index contributed by atoms with van der Waals surface area (Å²) < 4.78 is 19.7. The van der Waals surface area contributed by atoms with E-state index >= 15 is 0 Å². The zero-order chi connectivity index (χ0) is 9.90. The van der Waals surface area contributed by atoms with Crippen LogP contribution in [0.5, 0.6) is 0 Å². The van der Waals surface area contributed by atoms with Crippen molar-refractivity contribution in [2.75, 3.05) is 12.8 Å². The molecule has 1 aromatic heterocycles. The Bertz CT molecular complexity index is 388. The zero-order valence-corrected chi connectivity index (χ0v) is 9.12. The first-order chi connectivity index (χ1) is 6.12. The maximum atomic E-state index is 12.2. The first-order valence-corrected chi connectivity index (χ1v) is 5.93. The lowest BCUT2D eigenvalue weighted by molar-refractivity contribution is -0.670. The van der Waals surface area contributed by atoms with Gasteiger partial charge in [-0.15, -0.1) is 3.97 Å². The highest BCUT2D eigenvalue weighted by atomic mass is 32.2. The smallest absolute Gasteiger partial charge is 0.239 e. The lowest BCUT2D eigenvalue weighted by atomic mass is 10.6. The Kier molecular flexibility index (Phi) is 3.08. The van der Waals surface area contributed by atoms with Gasteiger partial charge in [0.25, 0.3) is 6.33 Å². The van der Waals surface area contributed by atoms with E-state index in [1.54, 1.807) is 23.5 Å². The minimum absolute atomic E-state index is 0.609. The number of hydrogen-bond acceptors (Lipinski definition) is 2. The van der Waals surface area contributed by atoms with E-state index in [-0.39, 0.29) is 0 Å². The Morgan fingerprint density at radius 1 is 1.62 bits per heavy atom. The van der Waals surface area contributed by atoms with Gasteiger partial charge in [-0.05, 0) is 6.42 Å². The van der Waals surface area contributed by atoms with Gasteiger partial charge in [0.1, 0.15) is 12.4 Å². The van der Waals surface area contributed by atoms with Crippen LogP contribution in [0, 0.1) is 0 Å². The van der Waals surface area contributed by atoms with Crippen LogP contribution in [-0.2, 0) is 17.0 Å². The van der Waals surface area contributed by atoms with Crippen LogP contribution in [0.2, 0.25) is 0 Å². The van der Waals surface area contributed by atoms with Gasteiger partial charge in [0.2, 0.25) is 9.92 Å². The molecule has 1 aromatic rings. The maximum absolute atomic E-state index is 12.2. The average Bonchev–Trinajstić information content (AvgIpc) is 2.52. The molecule has 0 saturated carbocycles. The molecule has 0 fully saturated rings. The van der Waals surface area contributed by atoms with Gasteiger partial charge in [0, 0.05) is 7.05 Å². The fourth-order valence-electron chi connectivity index (χ4n) is 1.15. The van der Waals surface area contributed by atoms with E-state index in [2.05, 4.69) is 4.36 Å². The van der Waals surface area contributed by atoms with Gasteiger partial charge in [0.05, 0.1) is 12.8 Å². The highest BCUT2D eigenvalue weighted by molar-refractivity contribution is 7.92. The van der Waals surface area contributed by atoms with Crippen molar-refractivity contribution in [3.8, 4) is 0 Å². The van der Waals surface area contributed by atoms with E-state index in [0.29, 0.717) is 5.75 Å². The van der Waals surface area contributed by atoms with Gasteiger partial charge >= 0.3 is 0 Å². The quantitative estimate of drug-likeness (QED) is 0.661. The lowest BCUT2D eigenvalue weighted by Gasteiger charge is -2.01. The summed E-state index contributed by atoms with van der Waals surface area (Å²) >= 11 is 0. The summed E-state index contributed by atoms with van der Waals surface area (Å²) in [6.45, 7) is 2.01. The molecule has 0 spiro atoms. The average molecular weight is 202 g/mol. The standard InChI is InChI=1S/C8H16N3OS/c1-4-7-13(12,9-2)11-6-5-10(3)8-11/h5-6,8H,4,7H2,1-3H3/q+1. The molecular formula is C8H16N3OS+. The minimum atomic E-state index is -2.21. The molecule has 4 nitrogen and oxygen atoms in total. The molecule has 5 heteroatoms. The molecule has 1 rings (SSSR count). The third kappa shape index (κ3) is 2.09. The van der Waals surface area contributed by atoms with E-state index in [1.165, 1.54) is 0 Å². The van der Waals surface area contributed by atoms with Gasteiger partial charge < -0.3 is 0 Å². The maximum Gasteiger partial charge on any atom is 0.257 e. The Hall–Kier alpha value is -0.840. The summed E-state index contributed by atoms with van der Waals surface area (Å²) in [5.41, 5.74) is 0. The number of hydrogen-bond donors (Lipinski definition) is 0. The van der Waals surface area contributed by atoms with E-state index in [4.69, 9.17) is 0 Å². The normalized spacial score (nSPS) is 15.3. The van der Waals surface area contributed by atoms with Crippen LogP contribution in [0.25, 0.3) is 0 Å². The largest absolute Gasteiger partial charge is 0.257 e. The highest BCUT2D eigenvalue weighted by Gasteiger charge is 2.14. The minimum Gasteiger partial charge on any atom is -0.239 e. The second-order valence-electron chi connectivity index (χ2n) is 2.93. The molecule has 1 heterocycles. The third-order valence-electron chi connectivity index (χ3n) is 1.83. The van der Waals surface area contributed by atoms with Crippen LogP contribution in [0.15, 0.2) is 23.1 Å². The molecule has 1 atom stereocenters. The number of imidazole rings is 1. The van der Waals surface area contributed by atoms with Crippen molar-refractivity contribution in [3.05, 3.63) is 18.7 Å². The van der Waals surface area contributed by atoms with E-state index in [1.807, 2.05) is 24.7 Å². The Labute approximate surface area is 79.5 Å². The topological polar surface area (TPSA) is 38.2 Å². The predicted molar refractivity (Wildman–Crippen MR) is 52.7 cm³/mol. The van der Waals surface area contributed by atoms with Crippen molar-refractivity contribution in [2.24, 2.45) is 11.4 Å². The molecule has 0 N–H and O–H groups in total. The molecule has 13 heavy (non-hydrogen) atoms. The van der Waals surface area contributed by atoms with Crippen LogP contribution in [0.1, 0.15) is 13.3 Å². The molecule has 0 aliphatic heterocycles. The molecule has 0 aliphatic rings. The lowest BCUT2D eigenvalue weighted by Crippen LogP contribution is -2.25. The first kappa shape index (κ1) is 10.2. The van der Waals surface area contributed by atoms with Gasteiger partial charge in [-0.25, -0.2) is 13.1 Å². The summed E-state index contributed by atoms with van der Waals surface area (Å²) in [6.07, 6.45) is 6.33. The van der Waals surface area contributed by atoms with Crippen molar-refractivity contribution in [3.63, 3.8) is 0 Å². The first-order valence-electron chi connectivity index (χ1n) is 4.29. The summed E-state index contributed by atoms with van der Waals surface area (Å²) in [5.74, 6) is 0.609. The number of nitrogens with zero attached hydrogens (tertiary/aromatic N) is 3. The molecule has 0 amide bonds.